The first-order valence-electron chi connectivity index (χ1n) is 8.09. The summed E-state index contributed by atoms with van der Waals surface area (Å²) in [6, 6.07) is 10.3. The summed E-state index contributed by atoms with van der Waals surface area (Å²) in [6.45, 7) is 7.21. The van der Waals surface area contributed by atoms with Gasteiger partial charge in [0.25, 0.3) is 5.91 Å². The van der Waals surface area contributed by atoms with E-state index >= 15 is 0 Å². The van der Waals surface area contributed by atoms with Gasteiger partial charge in [0.2, 0.25) is 5.91 Å². The largest absolute Gasteiger partial charge is 0.440 e. The Morgan fingerprint density at radius 1 is 1.20 bits per heavy atom. The molecule has 0 saturated carbocycles. The highest BCUT2D eigenvalue weighted by Gasteiger charge is 2.08. The van der Waals surface area contributed by atoms with Gasteiger partial charge in [-0.05, 0) is 38.1 Å². The minimum Gasteiger partial charge on any atom is -0.440 e. The number of nitrogens with zero attached hydrogens (tertiary/aromatic N) is 2. The molecule has 2 rings (SSSR count). The van der Waals surface area contributed by atoms with Crippen LogP contribution in [0.4, 0.5) is 11.6 Å². The summed E-state index contributed by atoms with van der Waals surface area (Å²) in [5.41, 5.74) is 3.39. The van der Waals surface area contributed by atoms with Crippen LogP contribution >= 0.6 is 0 Å². The molecule has 2 aromatic rings. The van der Waals surface area contributed by atoms with E-state index in [1.165, 1.54) is 13.1 Å². The van der Waals surface area contributed by atoms with Crippen molar-refractivity contribution in [2.45, 2.75) is 20.8 Å². The number of hydrogen-bond acceptors (Lipinski definition) is 5. The second-order valence-electron chi connectivity index (χ2n) is 5.31. The molecule has 0 aliphatic heterocycles. The number of hydrogen-bond donors (Lipinski definition) is 2. The predicted molar refractivity (Wildman–Crippen MR) is 98.1 cm³/mol. The van der Waals surface area contributed by atoms with Crippen molar-refractivity contribution in [3.63, 3.8) is 0 Å². The molecular weight excluding hydrogens is 320 g/mol. The fraction of sp³-hybridized carbons (Fsp3) is 0.278. The molecule has 7 nitrogen and oxygen atoms in total. The quantitative estimate of drug-likeness (QED) is 0.598. The SMILES string of the molecule is CCN(CC)c1ccc(/C=N\NC(=O)c2cccc(NC(C)=O)c2)o1. The van der Waals surface area contributed by atoms with Gasteiger partial charge in [0.1, 0.15) is 5.76 Å². The van der Waals surface area contributed by atoms with Crippen LogP contribution in [0.15, 0.2) is 45.9 Å². The fourth-order valence-corrected chi connectivity index (χ4v) is 2.28. The van der Waals surface area contributed by atoms with Gasteiger partial charge in [-0.25, -0.2) is 5.43 Å². The molecule has 1 aromatic heterocycles. The maximum Gasteiger partial charge on any atom is 0.271 e. The van der Waals surface area contributed by atoms with Crippen LogP contribution in [0.25, 0.3) is 0 Å². The zero-order valence-corrected chi connectivity index (χ0v) is 14.6. The van der Waals surface area contributed by atoms with Crippen LogP contribution in [-0.4, -0.2) is 31.1 Å². The maximum absolute atomic E-state index is 12.1. The van der Waals surface area contributed by atoms with Crippen LogP contribution in [0.3, 0.4) is 0 Å². The van der Waals surface area contributed by atoms with E-state index in [4.69, 9.17) is 4.42 Å². The molecule has 0 unspecified atom stereocenters. The third kappa shape index (κ3) is 5.20. The molecule has 132 valence electrons. The van der Waals surface area contributed by atoms with Crippen LogP contribution < -0.4 is 15.6 Å². The molecule has 0 saturated heterocycles. The number of carbonyl (C=O) groups excluding carboxylic acids is 2. The van der Waals surface area contributed by atoms with Gasteiger partial charge in [0.15, 0.2) is 5.88 Å². The maximum atomic E-state index is 12.1. The number of anilines is 2. The molecule has 2 N–H and O–H groups in total. The van der Waals surface area contributed by atoms with Gasteiger partial charge < -0.3 is 14.6 Å². The summed E-state index contributed by atoms with van der Waals surface area (Å²) in [4.78, 5) is 25.2. The second kappa shape index (κ2) is 8.68. The van der Waals surface area contributed by atoms with Crippen molar-refractivity contribution in [2.24, 2.45) is 5.10 Å². The molecule has 2 amide bonds. The van der Waals surface area contributed by atoms with Crippen LogP contribution in [0, 0.1) is 0 Å². The zero-order valence-electron chi connectivity index (χ0n) is 14.6. The highest BCUT2D eigenvalue weighted by Crippen LogP contribution is 2.17. The molecule has 0 atom stereocenters. The Hall–Kier alpha value is -3.09. The standard InChI is InChI=1S/C18H22N4O3/c1-4-22(5-2)17-10-9-16(25-17)12-19-21-18(24)14-7-6-8-15(11-14)20-13(3)23/h6-12H,4-5H2,1-3H3,(H,20,23)(H,21,24)/b19-12-. The van der Waals surface area contributed by atoms with E-state index in [1.807, 2.05) is 6.07 Å². The normalized spacial score (nSPS) is 10.7. The van der Waals surface area contributed by atoms with Gasteiger partial charge in [-0.15, -0.1) is 0 Å². The Morgan fingerprint density at radius 2 is 1.96 bits per heavy atom. The summed E-state index contributed by atoms with van der Waals surface area (Å²) in [6.07, 6.45) is 1.45. The minimum absolute atomic E-state index is 0.197. The lowest BCUT2D eigenvalue weighted by Gasteiger charge is -2.16. The highest BCUT2D eigenvalue weighted by atomic mass is 16.4. The van der Waals surface area contributed by atoms with Crippen LogP contribution in [0.2, 0.25) is 0 Å². The van der Waals surface area contributed by atoms with Crippen LogP contribution in [-0.2, 0) is 4.79 Å². The van der Waals surface area contributed by atoms with Crippen molar-refractivity contribution in [1.82, 2.24) is 5.43 Å². The Morgan fingerprint density at radius 3 is 2.64 bits per heavy atom. The number of benzene rings is 1. The van der Waals surface area contributed by atoms with E-state index in [9.17, 15) is 9.59 Å². The fourth-order valence-electron chi connectivity index (χ4n) is 2.28. The summed E-state index contributed by atoms with van der Waals surface area (Å²) >= 11 is 0. The predicted octanol–water partition coefficient (Wildman–Crippen LogP) is 2.85. The van der Waals surface area contributed by atoms with Crippen molar-refractivity contribution >= 4 is 29.6 Å². The minimum atomic E-state index is -0.376. The van der Waals surface area contributed by atoms with E-state index in [0.717, 1.165) is 19.0 Å². The third-order valence-electron chi connectivity index (χ3n) is 3.49. The van der Waals surface area contributed by atoms with Crippen LogP contribution in [0.1, 0.15) is 36.9 Å². The smallest absolute Gasteiger partial charge is 0.271 e. The number of furan rings is 1. The average molecular weight is 342 g/mol. The summed E-state index contributed by atoms with van der Waals surface area (Å²) < 4.78 is 5.66. The Bertz CT molecular complexity index is 763. The highest BCUT2D eigenvalue weighted by molar-refractivity contribution is 5.97. The molecule has 0 fully saturated rings. The van der Waals surface area contributed by atoms with Crippen molar-refractivity contribution in [1.29, 1.82) is 0 Å². The lowest BCUT2D eigenvalue weighted by Crippen LogP contribution is -2.20. The molecule has 7 heteroatoms. The molecule has 0 spiro atoms. The molecule has 25 heavy (non-hydrogen) atoms. The molecule has 1 aromatic carbocycles. The molecule has 0 aliphatic carbocycles. The van der Waals surface area contributed by atoms with E-state index in [1.54, 1.807) is 30.3 Å². The van der Waals surface area contributed by atoms with Gasteiger partial charge >= 0.3 is 0 Å². The van der Waals surface area contributed by atoms with Crippen molar-refractivity contribution in [3.8, 4) is 0 Å². The number of nitrogens with one attached hydrogen (secondary N) is 2. The first kappa shape index (κ1) is 18.3. The monoisotopic (exact) mass is 342 g/mol. The van der Waals surface area contributed by atoms with Gasteiger partial charge in [-0.3, -0.25) is 9.59 Å². The van der Waals surface area contributed by atoms with E-state index in [2.05, 4.69) is 34.6 Å². The Labute approximate surface area is 146 Å². The molecule has 1 heterocycles. The average Bonchev–Trinajstić information content (AvgIpc) is 3.04. The van der Waals surface area contributed by atoms with Gasteiger partial charge in [-0.1, -0.05) is 6.07 Å². The number of amides is 2. The second-order valence-corrected chi connectivity index (χ2v) is 5.31. The Kier molecular flexibility index (Phi) is 6.33. The van der Waals surface area contributed by atoms with E-state index < -0.39 is 0 Å². The lowest BCUT2D eigenvalue weighted by atomic mass is 10.2. The molecule has 0 aliphatic rings. The summed E-state index contributed by atoms with van der Waals surface area (Å²) in [5, 5.41) is 6.54. The third-order valence-corrected chi connectivity index (χ3v) is 3.49. The Balaban J connectivity index is 1.97. The zero-order chi connectivity index (χ0) is 18.2. The van der Waals surface area contributed by atoms with Gasteiger partial charge in [-0.2, -0.15) is 5.10 Å². The summed E-state index contributed by atoms with van der Waals surface area (Å²) in [7, 11) is 0. The van der Waals surface area contributed by atoms with Crippen molar-refractivity contribution in [2.75, 3.05) is 23.3 Å². The van der Waals surface area contributed by atoms with Crippen LogP contribution in [0.5, 0.6) is 0 Å². The molecule has 0 radical (unpaired) electrons. The van der Waals surface area contributed by atoms with E-state index in [0.29, 0.717) is 17.0 Å². The number of rotatable bonds is 7. The van der Waals surface area contributed by atoms with Crippen molar-refractivity contribution in [3.05, 3.63) is 47.7 Å². The van der Waals surface area contributed by atoms with Crippen molar-refractivity contribution < 1.29 is 14.0 Å². The van der Waals surface area contributed by atoms with Gasteiger partial charge in [0, 0.05) is 37.3 Å². The molecule has 0 bridgehead atoms. The summed E-state index contributed by atoms with van der Waals surface area (Å²) in [5.74, 6) is 0.742. The number of hydrazone groups is 1. The molecular formula is C18H22N4O3. The topological polar surface area (TPSA) is 86.9 Å². The van der Waals surface area contributed by atoms with E-state index in [-0.39, 0.29) is 11.8 Å². The number of carbonyl (C=O) groups is 2. The first-order valence-corrected chi connectivity index (χ1v) is 8.09. The van der Waals surface area contributed by atoms with Gasteiger partial charge in [0.05, 0.1) is 6.21 Å². The first-order chi connectivity index (χ1) is 12.0. The lowest BCUT2D eigenvalue weighted by molar-refractivity contribution is -0.114.